The van der Waals surface area contributed by atoms with Crippen LogP contribution < -0.4 is 4.74 Å². The van der Waals surface area contributed by atoms with Gasteiger partial charge in [0.2, 0.25) is 5.78 Å². The number of fused-ring (bicyclic) bond motifs is 6. The fourth-order valence-electron chi connectivity index (χ4n) is 8.31. The van der Waals surface area contributed by atoms with Crippen LogP contribution in [0.3, 0.4) is 0 Å². The second-order valence-corrected chi connectivity index (χ2v) is 13.6. The summed E-state index contributed by atoms with van der Waals surface area (Å²) in [5.74, 6) is -3.40. The Kier molecular flexibility index (Phi) is 7.97. The van der Waals surface area contributed by atoms with E-state index < -0.39 is 52.8 Å². The molecule has 0 unspecified atom stereocenters. The lowest BCUT2D eigenvalue weighted by Crippen LogP contribution is -2.55. The maximum Gasteiger partial charge on any atom is 0.202 e. The number of ether oxygens (including phenoxy) is 5. The average Bonchev–Trinajstić information content (AvgIpc) is 3.43. The van der Waals surface area contributed by atoms with Crippen LogP contribution in [0.4, 0.5) is 0 Å². The second kappa shape index (κ2) is 11.6. The molecule has 3 fully saturated rings. The Morgan fingerprint density at radius 2 is 1.85 bits per heavy atom. The van der Waals surface area contributed by atoms with Crippen LogP contribution in [0.5, 0.6) is 17.2 Å². The van der Waals surface area contributed by atoms with Crippen molar-refractivity contribution in [1.82, 2.24) is 4.90 Å². The minimum Gasteiger partial charge on any atom is -0.507 e. The van der Waals surface area contributed by atoms with Crippen molar-refractivity contribution in [1.29, 1.82) is 0 Å². The number of aromatic hydroxyl groups is 2. The van der Waals surface area contributed by atoms with Gasteiger partial charge in [-0.25, -0.2) is 0 Å². The number of carbonyl (C=O) groups excluding carboxylic acids is 3. The van der Waals surface area contributed by atoms with E-state index in [1.165, 1.54) is 19.2 Å². The molecule has 0 aromatic heterocycles. The Bertz CT molecular complexity index is 1650. The lowest BCUT2D eigenvalue weighted by atomic mass is 9.70. The van der Waals surface area contributed by atoms with E-state index in [4.69, 9.17) is 23.7 Å². The third-order valence-electron chi connectivity index (χ3n) is 10.5. The molecule has 7 rings (SSSR count). The van der Waals surface area contributed by atoms with E-state index in [-0.39, 0.29) is 82.6 Å². The van der Waals surface area contributed by atoms with E-state index in [0.29, 0.717) is 19.6 Å². The zero-order valence-electron chi connectivity index (χ0n) is 27.1. The predicted molar refractivity (Wildman–Crippen MR) is 165 cm³/mol. The first kappa shape index (κ1) is 32.2. The molecular weight excluding hydrogens is 610 g/mol. The maximum absolute atomic E-state index is 14.0. The Morgan fingerprint density at radius 3 is 2.55 bits per heavy atom. The van der Waals surface area contributed by atoms with Crippen LogP contribution in [0.2, 0.25) is 0 Å². The van der Waals surface area contributed by atoms with Crippen molar-refractivity contribution in [2.75, 3.05) is 20.3 Å². The summed E-state index contributed by atoms with van der Waals surface area (Å²) in [6.45, 7) is 8.53. The molecule has 3 saturated heterocycles. The number of nitrogens with zero attached hydrogens (tertiary/aromatic N) is 1. The minimum atomic E-state index is -1.99. The van der Waals surface area contributed by atoms with Crippen molar-refractivity contribution in [3.63, 3.8) is 0 Å². The number of morpholine rings is 1. The Labute approximate surface area is 272 Å². The largest absolute Gasteiger partial charge is 0.507 e. The molecule has 5 aliphatic rings. The molecule has 3 N–H and O–H groups in total. The van der Waals surface area contributed by atoms with Crippen LogP contribution in [0, 0.1) is 5.92 Å². The number of hydrogen-bond donors (Lipinski definition) is 3. The van der Waals surface area contributed by atoms with E-state index in [1.54, 1.807) is 19.9 Å². The van der Waals surface area contributed by atoms with Gasteiger partial charge < -0.3 is 39.0 Å². The molecule has 8 atom stereocenters. The highest BCUT2D eigenvalue weighted by Crippen LogP contribution is 2.53. The van der Waals surface area contributed by atoms with E-state index in [1.807, 2.05) is 6.92 Å². The number of carbonyl (C=O) groups is 3. The fourth-order valence-corrected chi connectivity index (χ4v) is 8.31. The molecule has 3 heterocycles. The molecular formula is C35H41NO11. The summed E-state index contributed by atoms with van der Waals surface area (Å²) in [7, 11) is 1.37. The van der Waals surface area contributed by atoms with Gasteiger partial charge >= 0.3 is 0 Å². The molecule has 0 spiro atoms. The number of methoxy groups -OCH3 is 1. The number of aliphatic hydroxyl groups is 1. The molecule has 0 radical (unpaired) electrons. The number of benzene rings is 2. The van der Waals surface area contributed by atoms with Gasteiger partial charge in [0.1, 0.15) is 35.2 Å². The van der Waals surface area contributed by atoms with E-state index in [2.05, 4.69) is 11.8 Å². The first-order valence-electron chi connectivity index (χ1n) is 16.4. The van der Waals surface area contributed by atoms with Gasteiger partial charge in [0.05, 0.1) is 48.7 Å². The highest BCUT2D eigenvalue weighted by Gasteiger charge is 2.55. The lowest BCUT2D eigenvalue weighted by Gasteiger charge is -2.43. The van der Waals surface area contributed by atoms with E-state index >= 15 is 0 Å². The van der Waals surface area contributed by atoms with Crippen molar-refractivity contribution in [2.24, 2.45) is 5.92 Å². The fraction of sp³-hybridized carbons (Fsp3) is 0.571. The predicted octanol–water partition coefficient (Wildman–Crippen LogP) is 3.18. The lowest BCUT2D eigenvalue weighted by molar-refractivity contribution is -0.247. The summed E-state index contributed by atoms with van der Waals surface area (Å²) >= 11 is 0. The zero-order chi connectivity index (χ0) is 33.5. The molecule has 2 aromatic carbocycles. The summed E-state index contributed by atoms with van der Waals surface area (Å²) in [4.78, 5) is 43.5. The van der Waals surface area contributed by atoms with Crippen LogP contribution in [-0.4, -0.2) is 100 Å². The van der Waals surface area contributed by atoms with Crippen LogP contribution in [0.15, 0.2) is 18.2 Å². The summed E-state index contributed by atoms with van der Waals surface area (Å²) in [5, 5.41) is 35.4. The molecule has 0 bridgehead atoms. The molecule has 3 aliphatic heterocycles. The smallest absolute Gasteiger partial charge is 0.202 e. The van der Waals surface area contributed by atoms with Crippen molar-refractivity contribution in [3.8, 4) is 17.2 Å². The summed E-state index contributed by atoms with van der Waals surface area (Å²) in [5.41, 5.74) is -2.74. The molecule has 0 saturated carbocycles. The molecule has 12 heteroatoms. The van der Waals surface area contributed by atoms with Crippen LogP contribution >= 0.6 is 0 Å². The van der Waals surface area contributed by atoms with Crippen LogP contribution in [-0.2, 0) is 30.2 Å². The Balaban J connectivity index is 1.30. The number of Topliss-reactive ketones (excluding diaryl/α,β-unsaturated/α-hetero) is 1. The summed E-state index contributed by atoms with van der Waals surface area (Å²) in [6, 6.07) is 4.49. The van der Waals surface area contributed by atoms with Gasteiger partial charge in [-0.05, 0) is 19.4 Å². The van der Waals surface area contributed by atoms with Gasteiger partial charge in [0, 0.05) is 54.5 Å². The van der Waals surface area contributed by atoms with Crippen molar-refractivity contribution >= 4 is 17.3 Å². The number of ketones is 3. The topological polar surface area (TPSA) is 161 Å². The molecule has 47 heavy (non-hydrogen) atoms. The third kappa shape index (κ3) is 4.83. The first-order chi connectivity index (χ1) is 22.4. The number of phenols is 2. The second-order valence-electron chi connectivity index (χ2n) is 13.6. The first-order valence-corrected chi connectivity index (χ1v) is 16.4. The zero-order valence-corrected chi connectivity index (χ0v) is 27.1. The van der Waals surface area contributed by atoms with Gasteiger partial charge in [-0.3, -0.25) is 19.3 Å². The monoisotopic (exact) mass is 651 g/mol. The highest BCUT2D eigenvalue weighted by molar-refractivity contribution is 6.31. The van der Waals surface area contributed by atoms with Crippen molar-refractivity contribution < 1.29 is 53.4 Å². The van der Waals surface area contributed by atoms with Gasteiger partial charge in [-0.1, -0.05) is 32.9 Å². The van der Waals surface area contributed by atoms with Crippen LogP contribution in [0.1, 0.15) is 96.0 Å². The standard InChI is InChI=1S/C35H41NO11/c1-6-20-34-36(10-11-44-20)19-12-23(45-16(4)32(19)47-34)46-22-14-35(42,33(41)15(2)3)13-18-25(22)31(40)27-26(29(18)38)28(37)17-8-7-9-21(43-5)24(17)30(27)39/h7-9,15-16,19-20,22-23,32,34,38,40,42H,6,10-14H2,1-5H3/t16-,19-,20+,22-,23-,32+,34+,35-/m0/s1. The molecule has 0 amide bonds. The third-order valence-corrected chi connectivity index (χ3v) is 10.5. The Hall–Kier alpha value is -3.39. The number of phenolic OH excluding ortho intramolecular Hbond substituents is 2. The maximum atomic E-state index is 14.0. The molecule has 2 aromatic rings. The van der Waals surface area contributed by atoms with Crippen LogP contribution in [0.25, 0.3) is 0 Å². The van der Waals surface area contributed by atoms with Gasteiger partial charge in [-0.15, -0.1) is 0 Å². The number of hydrogen-bond acceptors (Lipinski definition) is 12. The van der Waals surface area contributed by atoms with E-state index in [9.17, 15) is 29.7 Å². The minimum absolute atomic E-state index is 0.0123. The quantitative estimate of drug-likeness (QED) is 0.335. The van der Waals surface area contributed by atoms with Gasteiger partial charge in [-0.2, -0.15) is 0 Å². The van der Waals surface area contributed by atoms with Gasteiger partial charge in [0.25, 0.3) is 0 Å². The normalized spacial score (nSPS) is 33.1. The van der Waals surface area contributed by atoms with E-state index in [0.717, 1.165) is 6.42 Å². The summed E-state index contributed by atoms with van der Waals surface area (Å²) < 4.78 is 30.6. The molecule has 252 valence electrons. The number of rotatable bonds is 6. The molecule has 2 aliphatic carbocycles. The Morgan fingerprint density at radius 1 is 1.11 bits per heavy atom. The molecule has 12 nitrogen and oxygen atoms in total. The van der Waals surface area contributed by atoms with Crippen molar-refractivity contribution in [2.45, 2.75) is 102 Å². The van der Waals surface area contributed by atoms with Gasteiger partial charge in [0.15, 0.2) is 17.9 Å². The highest BCUT2D eigenvalue weighted by atomic mass is 16.7. The summed E-state index contributed by atoms with van der Waals surface area (Å²) in [6.07, 6.45) is -2.37. The average molecular weight is 652 g/mol. The SMILES string of the molecule is CC[C@H]1OCCN2[C@@H]1O[C@@H]1[C@H](C)O[C@@H](O[C@H]3C[C@](O)(C(=O)C(C)C)Cc4c(O)c5c(c(O)c43)C(=O)c3c(OC)cccc3C5=O)C[C@@H]12. The van der Waals surface area contributed by atoms with Crippen molar-refractivity contribution in [3.05, 3.63) is 51.6 Å².